The molecule has 0 saturated carbocycles. The number of benzene rings is 3. The van der Waals surface area contributed by atoms with E-state index in [-0.39, 0.29) is 23.4 Å². The monoisotopic (exact) mass is 617 g/mol. The van der Waals surface area contributed by atoms with Gasteiger partial charge in [0.05, 0.1) is 10.6 Å². The Balaban J connectivity index is 2.03. The van der Waals surface area contributed by atoms with Crippen LogP contribution in [0.3, 0.4) is 0 Å². The molecular weight excluding hydrogens is 585 g/mol. The Hall–Kier alpha value is -3.24. The third kappa shape index (κ3) is 7.89. The molecule has 3 aromatic carbocycles. The second-order valence-corrected chi connectivity index (χ2v) is 12.0. The molecule has 0 aromatic heterocycles. The van der Waals surface area contributed by atoms with Gasteiger partial charge >= 0.3 is 0 Å². The summed E-state index contributed by atoms with van der Waals surface area (Å²) in [6, 6.07) is 19.2. The van der Waals surface area contributed by atoms with E-state index in [0.29, 0.717) is 24.1 Å². The molecule has 0 heterocycles. The number of sulfonamides is 1. The molecule has 208 valence electrons. The van der Waals surface area contributed by atoms with Gasteiger partial charge in [-0.2, -0.15) is 0 Å². The first kappa shape index (κ1) is 30.3. The van der Waals surface area contributed by atoms with Crippen LogP contribution in [-0.2, 0) is 26.2 Å². The van der Waals surface area contributed by atoms with Crippen molar-refractivity contribution in [3.63, 3.8) is 0 Å². The normalized spacial score (nSPS) is 12.8. The van der Waals surface area contributed by atoms with E-state index in [4.69, 9.17) is 0 Å². The summed E-state index contributed by atoms with van der Waals surface area (Å²) in [5, 5.41) is 2.93. The number of hydrogen-bond donors (Lipinski definition) is 1. The van der Waals surface area contributed by atoms with Crippen molar-refractivity contribution in [2.24, 2.45) is 0 Å². The quantitative estimate of drug-likeness (QED) is 0.290. The van der Waals surface area contributed by atoms with Crippen molar-refractivity contribution in [2.45, 2.75) is 57.1 Å². The molecule has 7 nitrogen and oxygen atoms in total. The molecule has 0 aliphatic rings. The molecule has 3 rings (SSSR count). The molecule has 3 aromatic rings. The zero-order chi connectivity index (χ0) is 28.6. The van der Waals surface area contributed by atoms with Crippen molar-refractivity contribution in [3.8, 4) is 0 Å². The number of nitrogens with one attached hydrogen (secondary N) is 1. The van der Waals surface area contributed by atoms with E-state index in [9.17, 15) is 22.4 Å². The summed E-state index contributed by atoms with van der Waals surface area (Å²) in [4.78, 5) is 28.6. The zero-order valence-electron chi connectivity index (χ0n) is 22.2. The fraction of sp³-hybridized carbons (Fsp3) is 0.310. The predicted molar refractivity (Wildman–Crippen MR) is 154 cm³/mol. The second-order valence-electron chi connectivity index (χ2n) is 9.19. The summed E-state index contributed by atoms with van der Waals surface area (Å²) in [6.07, 6.45) is 1.01. The Labute approximate surface area is 238 Å². The lowest BCUT2D eigenvalue weighted by molar-refractivity contribution is -0.140. The van der Waals surface area contributed by atoms with Crippen molar-refractivity contribution >= 4 is 43.5 Å². The van der Waals surface area contributed by atoms with E-state index < -0.39 is 34.3 Å². The summed E-state index contributed by atoms with van der Waals surface area (Å²) >= 11 is 3.36. The Morgan fingerprint density at radius 2 is 1.54 bits per heavy atom. The van der Waals surface area contributed by atoms with Crippen molar-refractivity contribution < 1.29 is 22.4 Å². The van der Waals surface area contributed by atoms with Gasteiger partial charge in [-0.1, -0.05) is 60.1 Å². The largest absolute Gasteiger partial charge is 0.352 e. The van der Waals surface area contributed by atoms with Gasteiger partial charge in [-0.25, -0.2) is 12.8 Å². The predicted octanol–water partition coefficient (Wildman–Crippen LogP) is 5.51. The Morgan fingerprint density at radius 3 is 2.10 bits per heavy atom. The first-order valence-corrected chi connectivity index (χ1v) is 15.0. The van der Waals surface area contributed by atoms with Gasteiger partial charge in [-0.15, -0.1) is 0 Å². The van der Waals surface area contributed by atoms with Crippen LogP contribution in [0.2, 0.25) is 0 Å². The molecule has 0 unspecified atom stereocenters. The summed E-state index contributed by atoms with van der Waals surface area (Å²) in [6.45, 7) is 5.08. The zero-order valence-corrected chi connectivity index (χ0v) is 24.6. The highest BCUT2D eigenvalue weighted by molar-refractivity contribution is 9.10. The molecule has 39 heavy (non-hydrogen) atoms. The smallest absolute Gasteiger partial charge is 0.264 e. The maximum absolute atomic E-state index is 14.0. The third-order valence-electron chi connectivity index (χ3n) is 6.38. The molecule has 0 aliphatic carbocycles. The Bertz CT molecular complexity index is 1350. The number of rotatable bonds is 12. The first-order valence-electron chi connectivity index (χ1n) is 12.7. The highest BCUT2D eigenvalue weighted by Gasteiger charge is 2.33. The van der Waals surface area contributed by atoms with Crippen molar-refractivity contribution in [2.75, 3.05) is 10.8 Å². The number of hydrogen-bond acceptors (Lipinski definition) is 4. The molecule has 0 spiro atoms. The van der Waals surface area contributed by atoms with Gasteiger partial charge in [-0.05, 0) is 73.9 Å². The standard InChI is InChI=1S/C29H33BrFN3O4S/c1-4-21(3)32-29(36)27(5-2)33(19-22-11-15-24(31)16-12-22)28(35)20-34(25-17-13-23(30)14-18-25)39(37,38)26-9-7-6-8-10-26/h6-18,21,27H,4-5,19-20H2,1-3H3,(H,32,36)/t21-,27+/m0/s1. The van der Waals surface area contributed by atoms with Crippen LogP contribution in [-0.4, -0.2) is 43.8 Å². The average molecular weight is 619 g/mol. The average Bonchev–Trinajstić information content (AvgIpc) is 2.93. The van der Waals surface area contributed by atoms with Crippen LogP contribution >= 0.6 is 15.9 Å². The minimum Gasteiger partial charge on any atom is -0.352 e. The Kier molecular flexibility index (Phi) is 10.7. The van der Waals surface area contributed by atoms with Gasteiger partial charge in [-0.3, -0.25) is 13.9 Å². The second kappa shape index (κ2) is 13.7. The Morgan fingerprint density at radius 1 is 0.923 bits per heavy atom. The summed E-state index contributed by atoms with van der Waals surface area (Å²) in [7, 11) is -4.13. The van der Waals surface area contributed by atoms with Gasteiger partial charge in [0, 0.05) is 17.1 Å². The lowest BCUT2D eigenvalue weighted by atomic mass is 10.1. The topological polar surface area (TPSA) is 86.8 Å². The van der Waals surface area contributed by atoms with Crippen LogP contribution in [0, 0.1) is 5.82 Å². The maximum Gasteiger partial charge on any atom is 0.264 e. The van der Waals surface area contributed by atoms with Gasteiger partial charge in [0.1, 0.15) is 18.4 Å². The third-order valence-corrected chi connectivity index (χ3v) is 8.69. The molecule has 0 aliphatic heterocycles. The van der Waals surface area contributed by atoms with E-state index in [2.05, 4.69) is 21.2 Å². The van der Waals surface area contributed by atoms with Crippen molar-refractivity contribution in [1.29, 1.82) is 0 Å². The van der Waals surface area contributed by atoms with E-state index in [0.717, 1.165) is 8.78 Å². The highest BCUT2D eigenvalue weighted by atomic mass is 79.9. The van der Waals surface area contributed by atoms with Crippen molar-refractivity contribution in [3.05, 3.63) is 94.7 Å². The number of carbonyl (C=O) groups is 2. The minimum absolute atomic E-state index is 0.00507. The number of carbonyl (C=O) groups excluding carboxylic acids is 2. The van der Waals surface area contributed by atoms with Gasteiger partial charge in [0.25, 0.3) is 10.0 Å². The van der Waals surface area contributed by atoms with Crippen LogP contribution in [0.25, 0.3) is 0 Å². The summed E-state index contributed by atoms with van der Waals surface area (Å²) < 4.78 is 42.9. The molecule has 1 N–H and O–H groups in total. The SMILES string of the molecule is CC[C@H](C(=O)N[C@@H](C)CC)N(Cc1ccc(F)cc1)C(=O)CN(c1ccc(Br)cc1)S(=O)(=O)c1ccccc1. The van der Waals surface area contributed by atoms with Crippen LogP contribution in [0.1, 0.15) is 39.2 Å². The van der Waals surface area contributed by atoms with E-state index in [1.807, 2.05) is 13.8 Å². The lowest BCUT2D eigenvalue weighted by Gasteiger charge is -2.33. The first-order chi connectivity index (χ1) is 18.6. The molecule has 0 fully saturated rings. The van der Waals surface area contributed by atoms with E-state index in [1.54, 1.807) is 61.5 Å². The maximum atomic E-state index is 14.0. The highest BCUT2D eigenvalue weighted by Crippen LogP contribution is 2.26. The van der Waals surface area contributed by atoms with Gasteiger partial charge in [0.2, 0.25) is 11.8 Å². The minimum atomic E-state index is -4.13. The molecule has 0 saturated heterocycles. The van der Waals surface area contributed by atoms with Crippen LogP contribution < -0.4 is 9.62 Å². The van der Waals surface area contributed by atoms with E-state index >= 15 is 0 Å². The lowest BCUT2D eigenvalue weighted by Crippen LogP contribution is -2.53. The number of amides is 2. The van der Waals surface area contributed by atoms with E-state index in [1.165, 1.54) is 29.2 Å². The molecule has 10 heteroatoms. The molecule has 0 bridgehead atoms. The van der Waals surface area contributed by atoms with Crippen LogP contribution in [0.4, 0.5) is 10.1 Å². The summed E-state index contributed by atoms with van der Waals surface area (Å²) in [5.41, 5.74) is 0.912. The fourth-order valence-corrected chi connectivity index (χ4v) is 5.70. The number of anilines is 1. The van der Waals surface area contributed by atoms with Crippen molar-refractivity contribution in [1.82, 2.24) is 10.2 Å². The van der Waals surface area contributed by atoms with Gasteiger partial charge in [0.15, 0.2) is 0 Å². The van der Waals surface area contributed by atoms with Crippen LogP contribution in [0.5, 0.6) is 0 Å². The van der Waals surface area contributed by atoms with Crippen LogP contribution in [0.15, 0.2) is 88.2 Å². The molecule has 0 radical (unpaired) electrons. The van der Waals surface area contributed by atoms with Gasteiger partial charge < -0.3 is 10.2 Å². The fourth-order valence-electron chi connectivity index (χ4n) is 4.00. The number of nitrogens with zero attached hydrogens (tertiary/aromatic N) is 2. The number of halogens is 2. The summed E-state index contributed by atoms with van der Waals surface area (Å²) in [5.74, 6) is -1.31. The molecule has 2 amide bonds. The molecular formula is C29H33BrFN3O4S. The molecule has 2 atom stereocenters.